The molecule has 1 saturated heterocycles. The molecule has 2 heterocycles. The average Bonchev–Trinajstić information content (AvgIpc) is 2.46. The van der Waals surface area contributed by atoms with Crippen LogP contribution in [-0.4, -0.2) is 49.4 Å². The van der Waals surface area contributed by atoms with Crippen LogP contribution in [0.5, 0.6) is 0 Å². The van der Waals surface area contributed by atoms with Gasteiger partial charge in [-0.1, -0.05) is 6.07 Å². The summed E-state index contributed by atoms with van der Waals surface area (Å²) in [5.74, 6) is 0. The van der Waals surface area contributed by atoms with Crippen molar-refractivity contribution in [3.63, 3.8) is 0 Å². The number of hydrogen-bond acceptors (Lipinski definition) is 4. The predicted molar refractivity (Wildman–Crippen MR) is 92.8 cm³/mol. The van der Waals surface area contributed by atoms with Crippen molar-refractivity contribution >= 4 is 10.9 Å². The lowest BCUT2D eigenvalue weighted by Gasteiger charge is -2.28. The number of likely N-dealkylation sites (N-methyl/N-ethyl adjacent to an activating group) is 1. The van der Waals surface area contributed by atoms with Crippen molar-refractivity contribution in [1.82, 2.24) is 9.88 Å². The van der Waals surface area contributed by atoms with Gasteiger partial charge in [0.25, 0.3) is 0 Å². The molecule has 1 aromatic heterocycles. The van der Waals surface area contributed by atoms with Crippen molar-refractivity contribution in [2.45, 2.75) is 33.4 Å². The van der Waals surface area contributed by atoms with Crippen LogP contribution in [-0.2, 0) is 16.0 Å². The maximum atomic E-state index is 5.76. The van der Waals surface area contributed by atoms with Crippen LogP contribution in [0, 0.1) is 20.8 Å². The Morgan fingerprint density at radius 2 is 2.00 bits per heavy atom. The van der Waals surface area contributed by atoms with Gasteiger partial charge in [-0.25, -0.2) is 0 Å². The first-order chi connectivity index (χ1) is 11.0. The van der Waals surface area contributed by atoms with Crippen LogP contribution < -0.4 is 0 Å². The zero-order valence-corrected chi connectivity index (χ0v) is 14.6. The number of aryl methyl sites for hydroxylation is 3. The Labute approximate surface area is 138 Å². The molecule has 4 heteroatoms. The highest BCUT2D eigenvalue weighted by molar-refractivity contribution is 5.86. The molecule has 0 spiro atoms. The number of ether oxygens (including phenoxy) is 2. The zero-order chi connectivity index (χ0) is 16.4. The molecule has 0 bridgehead atoms. The molecule has 0 N–H and O–H groups in total. The molecule has 0 saturated carbocycles. The normalized spacial score (nSPS) is 18.7. The maximum Gasteiger partial charge on any atom is 0.0936 e. The van der Waals surface area contributed by atoms with E-state index in [-0.39, 0.29) is 6.10 Å². The van der Waals surface area contributed by atoms with E-state index >= 15 is 0 Å². The third-order valence-electron chi connectivity index (χ3n) is 4.30. The smallest absolute Gasteiger partial charge is 0.0936 e. The fourth-order valence-electron chi connectivity index (χ4n) is 3.47. The van der Waals surface area contributed by atoms with Crippen molar-refractivity contribution in [3.05, 3.63) is 40.6 Å². The largest absolute Gasteiger partial charge is 0.376 e. The first-order valence-electron chi connectivity index (χ1n) is 8.28. The Balaban J connectivity index is 1.84. The van der Waals surface area contributed by atoms with E-state index in [1.54, 1.807) is 0 Å². The second kappa shape index (κ2) is 6.95. The molecule has 0 radical (unpaired) electrons. The van der Waals surface area contributed by atoms with Gasteiger partial charge in [0.15, 0.2) is 0 Å². The fraction of sp³-hybridized carbons (Fsp3) is 0.526. The molecule has 1 atom stereocenters. The minimum absolute atomic E-state index is 0.172. The Bertz CT molecular complexity index is 688. The SMILES string of the molecule is Cc1cc(C)c2c(CN(C)C[C@@H]3COCCO3)cc(C)nc2c1. The molecular weight excluding hydrogens is 288 g/mol. The molecule has 1 aromatic carbocycles. The molecule has 1 aliphatic rings. The second-order valence-electron chi connectivity index (χ2n) is 6.66. The van der Waals surface area contributed by atoms with Gasteiger partial charge in [0, 0.05) is 24.2 Å². The Kier molecular flexibility index (Phi) is 4.95. The second-order valence-corrected chi connectivity index (χ2v) is 6.66. The highest BCUT2D eigenvalue weighted by Crippen LogP contribution is 2.25. The summed E-state index contributed by atoms with van der Waals surface area (Å²) in [5, 5.41) is 1.29. The summed E-state index contributed by atoms with van der Waals surface area (Å²) in [5.41, 5.74) is 6.07. The third kappa shape index (κ3) is 3.89. The van der Waals surface area contributed by atoms with Crippen LogP contribution in [0.4, 0.5) is 0 Å². The third-order valence-corrected chi connectivity index (χ3v) is 4.30. The van der Waals surface area contributed by atoms with Gasteiger partial charge in [-0.2, -0.15) is 0 Å². The van der Waals surface area contributed by atoms with Gasteiger partial charge in [-0.3, -0.25) is 9.88 Å². The average molecular weight is 314 g/mol. The Hall–Kier alpha value is -1.49. The molecule has 2 aromatic rings. The molecule has 1 aliphatic heterocycles. The van der Waals surface area contributed by atoms with Crippen LogP contribution in [0.3, 0.4) is 0 Å². The number of aromatic nitrogens is 1. The molecule has 0 aliphatic carbocycles. The van der Waals surface area contributed by atoms with Gasteiger partial charge in [0.05, 0.1) is 31.4 Å². The van der Waals surface area contributed by atoms with Crippen molar-refractivity contribution in [2.75, 3.05) is 33.4 Å². The number of benzene rings is 1. The Morgan fingerprint density at radius 1 is 1.17 bits per heavy atom. The summed E-state index contributed by atoms with van der Waals surface area (Å²) < 4.78 is 11.3. The van der Waals surface area contributed by atoms with E-state index in [2.05, 4.69) is 50.9 Å². The Morgan fingerprint density at radius 3 is 2.74 bits per heavy atom. The summed E-state index contributed by atoms with van der Waals surface area (Å²) in [6.07, 6.45) is 0.172. The van der Waals surface area contributed by atoms with E-state index in [0.717, 1.165) is 24.3 Å². The van der Waals surface area contributed by atoms with E-state index < -0.39 is 0 Å². The van der Waals surface area contributed by atoms with Gasteiger partial charge in [0.2, 0.25) is 0 Å². The summed E-state index contributed by atoms with van der Waals surface area (Å²) in [4.78, 5) is 7.03. The van der Waals surface area contributed by atoms with Crippen molar-refractivity contribution < 1.29 is 9.47 Å². The summed E-state index contributed by atoms with van der Waals surface area (Å²) >= 11 is 0. The van der Waals surface area contributed by atoms with E-state index in [0.29, 0.717) is 19.8 Å². The van der Waals surface area contributed by atoms with Gasteiger partial charge in [-0.05, 0) is 56.6 Å². The molecule has 0 unspecified atom stereocenters. The molecule has 124 valence electrons. The minimum Gasteiger partial charge on any atom is -0.376 e. The topological polar surface area (TPSA) is 34.6 Å². The number of fused-ring (bicyclic) bond motifs is 1. The summed E-state index contributed by atoms with van der Waals surface area (Å²) in [7, 11) is 2.14. The van der Waals surface area contributed by atoms with Crippen LogP contribution in [0.15, 0.2) is 18.2 Å². The van der Waals surface area contributed by atoms with Gasteiger partial charge in [0.1, 0.15) is 0 Å². The standard InChI is InChI=1S/C19H26N2O2/c1-13-7-14(2)19-16(9-15(3)20-18(19)8-13)10-21(4)11-17-12-22-5-6-23-17/h7-9,17H,5-6,10-12H2,1-4H3/t17-/m1/s1. The molecular formula is C19H26N2O2. The lowest BCUT2D eigenvalue weighted by Crippen LogP contribution is -2.38. The zero-order valence-electron chi connectivity index (χ0n) is 14.6. The molecule has 23 heavy (non-hydrogen) atoms. The van der Waals surface area contributed by atoms with E-state index in [1.165, 1.54) is 22.1 Å². The lowest BCUT2D eigenvalue weighted by atomic mass is 10.00. The number of rotatable bonds is 4. The quantitative estimate of drug-likeness (QED) is 0.869. The van der Waals surface area contributed by atoms with E-state index in [1.807, 2.05) is 0 Å². The molecule has 4 nitrogen and oxygen atoms in total. The van der Waals surface area contributed by atoms with Crippen molar-refractivity contribution in [3.8, 4) is 0 Å². The van der Waals surface area contributed by atoms with Gasteiger partial charge < -0.3 is 9.47 Å². The monoisotopic (exact) mass is 314 g/mol. The highest BCUT2D eigenvalue weighted by atomic mass is 16.6. The van der Waals surface area contributed by atoms with Crippen LogP contribution in [0.2, 0.25) is 0 Å². The lowest BCUT2D eigenvalue weighted by molar-refractivity contribution is -0.0962. The summed E-state index contributed by atoms with van der Waals surface area (Å²) in [6.45, 7) is 10.3. The molecule has 0 amide bonds. The first-order valence-corrected chi connectivity index (χ1v) is 8.28. The first kappa shape index (κ1) is 16.4. The van der Waals surface area contributed by atoms with Crippen LogP contribution in [0.1, 0.15) is 22.4 Å². The maximum absolute atomic E-state index is 5.76. The predicted octanol–water partition coefficient (Wildman–Crippen LogP) is 3.01. The highest BCUT2D eigenvalue weighted by Gasteiger charge is 2.17. The number of nitrogens with zero attached hydrogens (tertiary/aromatic N) is 2. The van der Waals surface area contributed by atoms with Gasteiger partial charge in [-0.15, -0.1) is 0 Å². The number of pyridine rings is 1. The molecule has 1 fully saturated rings. The number of hydrogen-bond donors (Lipinski definition) is 0. The molecule has 3 rings (SSSR count). The van der Waals surface area contributed by atoms with Crippen molar-refractivity contribution in [1.29, 1.82) is 0 Å². The minimum atomic E-state index is 0.172. The van der Waals surface area contributed by atoms with Crippen LogP contribution in [0.25, 0.3) is 10.9 Å². The van der Waals surface area contributed by atoms with E-state index in [9.17, 15) is 0 Å². The van der Waals surface area contributed by atoms with Crippen molar-refractivity contribution in [2.24, 2.45) is 0 Å². The van der Waals surface area contributed by atoms with E-state index in [4.69, 9.17) is 14.5 Å². The summed E-state index contributed by atoms with van der Waals surface area (Å²) in [6, 6.07) is 6.62. The van der Waals surface area contributed by atoms with Gasteiger partial charge >= 0.3 is 0 Å². The fourth-order valence-corrected chi connectivity index (χ4v) is 3.47. The van der Waals surface area contributed by atoms with Crippen LogP contribution >= 0.6 is 0 Å².